The van der Waals surface area contributed by atoms with Crippen LogP contribution >= 0.6 is 0 Å². The summed E-state index contributed by atoms with van der Waals surface area (Å²) in [5.74, 6) is 1.85. The van der Waals surface area contributed by atoms with Gasteiger partial charge in [-0.2, -0.15) is 0 Å². The molecule has 0 aliphatic carbocycles. The molecule has 3 nitrogen and oxygen atoms in total. The third kappa shape index (κ3) is 4.94. The number of hydrogen-bond donors (Lipinski definition) is 1. The summed E-state index contributed by atoms with van der Waals surface area (Å²) in [4.78, 5) is 2.52. The lowest BCUT2D eigenvalue weighted by atomic mass is 9.96. The monoisotopic (exact) mass is 240 g/mol. The highest BCUT2D eigenvalue weighted by molar-refractivity contribution is 4.72. The van der Waals surface area contributed by atoms with Crippen LogP contribution in [0, 0.1) is 11.8 Å². The molecule has 0 spiro atoms. The maximum Gasteiger partial charge on any atom is 0.0468 e. The molecule has 0 bridgehead atoms. The number of rotatable bonds is 6. The molecule has 2 saturated heterocycles. The second kappa shape index (κ2) is 7.34. The van der Waals surface area contributed by atoms with Crippen molar-refractivity contribution in [3.63, 3.8) is 0 Å². The van der Waals surface area contributed by atoms with Gasteiger partial charge < -0.3 is 15.0 Å². The lowest BCUT2D eigenvalue weighted by molar-refractivity contribution is 0.0609. The van der Waals surface area contributed by atoms with E-state index in [1.54, 1.807) is 0 Å². The van der Waals surface area contributed by atoms with Crippen molar-refractivity contribution in [2.24, 2.45) is 11.8 Å². The lowest BCUT2D eigenvalue weighted by Gasteiger charge is -2.25. The van der Waals surface area contributed by atoms with Gasteiger partial charge in [0.25, 0.3) is 0 Å². The molecule has 2 heterocycles. The highest BCUT2D eigenvalue weighted by Gasteiger charge is 2.16. The van der Waals surface area contributed by atoms with E-state index in [1.165, 1.54) is 58.3 Å². The smallest absolute Gasteiger partial charge is 0.0468 e. The van der Waals surface area contributed by atoms with Gasteiger partial charge in [-0.25, -0.2) is 0 Å². The first-order chi connectivity index (χ1) is 8.34. The largest absolute Gasteiger partial charge is 0.381 e. The standard InChI is InChI=1S/C14H28N2O/c1-16(9-4-14-2-7-15-12-14)8-3-13-5-10-17-11-6-13/h13-15H,2-12H2,1H3. The number of ether oxygens (including phenoxy) is 1. The van der Waals surface area contributed by atoms with E-state index in [-0.39, 0.29) is 0 Å². The summed E-state index contributed by atoms with van der Waals surface area (Å²) < 4.78 is 5.40. The van der Waals surface area contributed by atoms with Gasteiger partial charge in [0.1, 0.15) is 0 Å². The zero-order valence-corrected chi connectivity index (χ0v) is 11.3. The third-order valence-corrected chi connectivity index (χ3v) is 4.34. The van der Waals surface area contributed by atoms with E-state index < -0.39 is 0 Å². The molecule has 1 atom stereocenters. The first kappa shape index (κ1) is 13.3. The first-order valence-electron chi connectivity index (χ1n) is 7.31. The molecule has 0 aromatic rings. The van der Waals surface area contributed by atoms with E-state index in [2.05, 4.69) is 17.3 Å². The topological polar surface area (TPSA) is 24.5 Å². The molecule has 3 heteroatoms. The molecule has 0 saturated carbocycles. The van der Waals surface area contributed by atoms with Gasteiger partial charge in [0.15, 0.2) is 0 Å². The second-order valence-corrected chi connectivity index (χ2v) is 5.80. The molecule has 0 aromatic carbocycles. The van der Waals surface area contributed by atoms with Gasteiger partial charge in [-0.1, -0.05) is 0 Å². The maximum absolute atomic E-state index is 5.40. The zero-order chi connectivity index (χ0) is 11.9. The van der Waals surface area contributed by atoms with Gasteiger partial charge in [-0.15, -0.1) is 0 Å². The molecular formula is C14H28N2O. The Hall–Kier alpha value is -0.120. The average Bonchev–Trinajstić information content (AvgIpc) is 2.88. The summed E-state index contributed by atoms with van der Waals surface area (Å²) in [7, 11) is 2.28. The van der Waals surface area contributed by atoms with Crippen LogP contribution in [0.15, 0.2) is 0 Å². The molecular weight excluding hydrogens is 212 g/mol. The molecule has 0 aromatic heterocycles. The summed E-state index contributed by atoms with van der Waals surface area (Å²) in [5.41, 5.74) is 0. The van der Waals surface area contributed by atoms with Crippen molar-refractivity contribution in [2.75, 3.05) is 46.4 Å². The van der Waals surface area contributed by atoms with Gasteiger partial charge in [-0.05, 0) is 77.2 Å². The molecule has 2 aliphatic heterocycles. The second-order valence-electron chi connectivity index (χ2n) is 5.80. The molecule has 0 radical (unpaired) electrons. The molecule has 17 heavy (non-hydrogen) atoms. The Kier molecular flexibility index (Phi) is 5.75. The predicted molar refractivity (Wildman–Crippen MR) is 71.3 cm³/mol. The molecule has 2 rings (SSSR count). The van der Waals surface area contributed by atoms with E-state index in [9.17, 15) is 0 Å². The molecule has 1 N–H and O–H groups in total. The van der Waals surface area contributed by atoms with Crippen LogP contribution in [-0.2, 0) is 4.74 Å². The number of nitrogens with zero attached hydrogens (tertiary/aromatic N) is 1. The van der Waals surface area contributed by atoms with E-state index >= 15 is 0 Å². The fourth-order valence-electron chi connectivity index (χ4n) is 2.91. The van der Waals surface area contributed by atoms with E-state index in [4.69, 9.17) is 4.74 Å². The van der Waals surface area contributed by atoms with Crippen molar-refractivity contribution < 1.29 is 4.74 Å². The molecule has 2 fully saturated rings. The Balaban J connectivity index is 1.52. The number of hydrogen-bond acceptors (Lipinski definition) is 3. The molecule has 100 valence electrons. The van der Waals surface area contributed by atoms with Crippen molar-refractivity contribution in [3.05, 3.63) is 0 Å². The fraction of sp³-hybridized carbons (Fsp3) is 1.00. The van der Waals surface area contributed by atoms with Crippen molar-refractivity contribution in [2.45, 2.75) is 32.1 Å². The minimum Gasteiger partial charge on any atom is -0.381 e. The van der Waals surface area contributed by atoms with Crippen LogP contribution in [0.5, 0.6) is 0 Å². The van der Waals surface area contributed by atoms with Crippen molar-refractivity contribution in [3.8, 4) is 0 Å². The van der Waals surface area contributed by atoms with E-state index in [0.29, 0.717) is 0 Å². The Bertz CT molecular complexity index is 198. The van der Waals surface area contributed by atoms with Crippen LogP contribution in [0.25, 0.3) is 0 Å². The van der Waals surface area contributed by atoms with Gasteiger partial charge in [0, 0.05) is 13.2 Å². The molecule has 2 aliphatic rings. The third-order valence-electron chi connectivity index (χ3n) is 4.34. The van der Waals surface area contributed by atoms with Crippen LogP contribution in [-0.4, -0.2) is 51.3 Å². The summed E-state index contributed by atoms with van der Waals surface area (Å²) in [6, 6.07) is 0. The Morgan fingerprint density at radius 1 is 1.06 bits per heavy atom. The summed E-state index contributed by atoms with van der Waals surface area (Å²) in [6.07, 6.45) is 6.68. The van der Waals surface area contributed by atoms with Crippen molar-refractivity contribution >= 4 is 0 Å². The van der Waals surface area contributed by atoms with Crippen LogP contribution < -0.4 is 5.32 Å². The highest BCUT2D eigenvalue weighted by atomic mass is 16.5. The van der Waals surface area contributed by atoms with Gasteiger partial charge in [0.05, 0.1) is 0 Å². The summed E-state index contributed by atoms with van der Waals surface area (Å²) >= 11 is 0. The van der Waals surface area contributed by atoms with Gasteiger partial charge >= 0.3 is 0 Å². The molecule has 1 unspecified atom stereocenters. The Labute approximate surface area is 106 Å². The number of nitrogens with one attached hydrogen (secondary N) is 1. The summed E-state index contributed by atoms with van der Waals surface area (Å²) in [5, 5.41) is 3.45. The normalized spacial score (nSPS) is 26.8. The van der Waals surface area contributed by atoms with Crippen LogP contribution in [0.4, 0.5) is 0 Å². The first-order valence-corrected chi connectivity index (χ1v) is 7.31. The fourth-order valence-corrected chi connectivity index (χ4v) is 2.91. The maximum atomic E-state index is 5.40. The zero-order valence-electron chi connectivity index (χ0n) is 11.3. The minimum atomic E-state index is 0.916. The van der Waals surface area contributed by atoms with Crippen LogP contribution in [0.3, 0.4) is 0 Å². The van der Waals surface area contributed by atoms with Crippen LogP contribution in [0.1, 0.15) is 32.1 Å². The average molecular weight is 240 g/mol. The highest BCUT2D eigenvalue weighted by Crippen LogP contribution is 2.19. The van der Waals surface area contributed by atoms with Crippen LogP contribution in [0.2, 0.25) is 0 Å². The quantitative estimate of drug-likeness (QED) is 0.765. The van der Waals surface area contributed by atoms with Crippen molar-refractivity contribution in [1.82, 2.24) is 10.2 Å². The summed E-state index contributed by atoms with van der Waals surface area (Å²) in [6.45, 7) is 6.99. The lowest BCUT2D eigenvalue weighted by Crippen LogP contribution is -2.26. The molecule has 0 amide bonds. The minimum absolute atomic E-state index is 0.916. The SMILES string of the molecule is CN(CCC1CCOCC1)CCC1CCNC1. The predicted octanol–water partition coefficient (Wildman–Crippen LogP) is 1.73. The van der Waals surface area contributed by atoms with Crippen molar-refractivity contribution in [1.29, 1.82) is 0 Å². The van der Waals surface area contributed by atoms with Gasteiger partial charge in [0.2, 0.25) is 0 Å². The van der Waals surface area contributed by atoms with E-state index in [0.717, 1.165) is 25.0 Å². The Morgan fingerprint density at radius 2 is 1.76 bits per heavy atom. The Morgan fingerprint density at radius 3 is 2.41 bits per heavy atom. The van der Waals surface area contributed by atoms with E-state index in [1.807, 2.05) is 0 Å². The van der Waals surface area contributed by atoms with Gasteiger partial charge in [-0.3, -0.25) is 0 Å².